The molecule has 1 aromatic carbocycles. The van der Waals surface area contributed by atoms with E-state index in [1.165, 1.54) is 15.3 Å². The maximum atomic E-state index is 11.2. The van der Waals surface area contributed by atoms with E-state index in [9.17, 15) is 9.90 Å². The van der Waals surface area contributed by atoms with Gasteiger partial charge in [0.05, 0.1) is 12.0 Å². The van der Waals surface area contributed by atoms with Crippen molar-refractivity contribution in [2.75, 3.05) is 13.1 Å². The van der Waals surface area contributed by atoms with Gasteiger partial charge in [0.15, 0.2) is 0 Å². The molecule has 0 bridgehead atoms. The van der Waals surface area contributed by atoms with Gasteiger partial charge in [-0.3, -0.25) is 9.69 Å². The molecule has 0 aliphatic carbocycles. The summed E-state index contributed by atoms with van der Waals surface area (Å²) < 4.78 is 1.08. The number of aliphatic carboxylic acids is 1. The number of halogens is 1. The first-order valence-electron chi connectivity index (χ1n) is 8.39. The topological polar surface area (TPSA) is 40.5 Å². The Balaban J connectivity index is 1.89. The van der Waals surface area contributed by atoms with E-state index in [4.69, 9.17) is 0 Å². The summed E-state index contributed by atoms with van der Waals surface area (Å²) >= 11 is 5.45. The normalized spacial score (nSPS) is 17.8. The third-order valence-corrected chi connectivity index (χ3v) is 6.48. The third kappa shape index (κ3) is 3.90. The molecule has 3 nitrogen and oxygen atoms in total. The number of likely N-dealkylation sites (tertiary alicyclic amines) is 1. The number of hydrogen-bond acceptors (Lipinski definition) is 3. The minimum Gasteiger partial charge on any atom is -0.481 e. The van der Waals surface area contributed by atoms with Crippen LogP contribution in [0.1, 0.15) is 41.1 Å². The molecule has 1 fully saturated rings. The summed E-state index contributed by atoms with van der Waals surface area (Å²) in [5.74, 6) is -0.850. The molecule has 5 heteroatoms. The van der Waals surface area contributed by atoms with E-state index in [-0.39, 0.29) is 12.0 Å². The number of hydrogen-bond donors (Lipinski definition) is 1. The van der Waals surface area contributed by atoms with E-state index in [1.807, 2.05) is 17.4 Å². The lowest BCUT2D eigenvalue weighted by Gasteiger charge is -2.36. The summed E-state index contributed by atoms with van der Waals surface area (Å²) in [4.78, 5) is 16.4. The molecule has 3 rings (SSSR count). The minimum absolute atomic E-state index is 0.195. The minimum atomic E-state index is -0.655. The smallest absolute Gasteiger partial charge is 0.306 e. The van der Waals surface area contributed by atoms with Gasteiger partial charge in [-0.05, 0) is 62.2 Å². The first-order chi connectivity index (χ1) is 11.6. The van der Waals surface area contributed by atoms with Crippen LogP contribution in [0.4, 0.5) is 0 Å². The van der Waals surface area contributed by atoms with Crippen LogP contribution in [0.25, 0.3) is 0 Å². The lowest BCUT2D eigenvalue weighted by molar-refractivity contribution is -0.143. The van der Waals surface area contributed by atoms with E-state index in [0.29, 0.717) is 0 Å². The predicted octanol–water partition coefficient (Wildman–Crippen LogP) is 4.96. The van der Waals surface area contributed by atoms with E-state index in [2.05, 4.69) is 58.1 Å². The molecule has 0 amide bonds. The van der Waals surface area contributed by atoms with Gasteiger partial charge in [-0.25, -0.2) is 0 Å². The first-order valence-corrected chi connectivity index (χ1v) is 10.0. The van der Waals surface area contributed by atoms with Crippen molar-refractivity contribution in [2.45, 2.75) is 32.2 Å². The van der Waals surface area contributed by atoms with Crippen LogP contribution in [0, 0.1) is 5.92 Å². The van der Waals surface area contributed by atoms with Crippen molar-refractivity contribution >= 4 is 33.2 Å². The van der Waals surface area contributed by atoms with Crippen molar-refractivity contribution < 1.29 is 9.90 Å². The van der Waals surface area contributed by atoms with Gasteiger partial charge in [0, 0.05) is 14.2 Å². The Morgan fingerprint density at radius 3 is 2.67 bits per heavy atom. The molecule has 0 spiro atoms. The second-order valence-corrected chi connectivity index (χ2v) is 8.38. The summed E-state index contributed by atoms with van der Waals surface area (Å²) in [6.07, 6.45) is 2.51. The number of aryl methyl sites for hydroxylation is 1. The molecule has 1 saturated heterocycles. The highest BCUT2D eigenvalue weighted by molar-refractivity contribution is 9.10. The number of carboxylic acids is 1. The zero-order valence-corrected chi connectivity index (χ0v) is 16.1. The van der Waals surface area contributed by atoms with Crippen LogP contribution in [0.15, 0.2) is 40.9 Å². The average Bonchev–Trinajstić information content (AvgIpc) is 3.04. The van der Waals surface area contributed by atoms with Crippen molar-refractivity contribution in [1.29, 1.82) is 0 Å². The fourth-order valence-electron chi connectivity index (χ4n) is 3.37. The number of piperidine rings is 1. The quantitative estimate of drug-likeness (QED) is 0.761. The Morgan fingerprint density at radius 2 is 2.08 bits per heavy atom. The predicted molar refractivity (Wildman–Crippen MR) is 102 cm³/mol. The van der Waals surface area contributed by atoms with Crippen LogP contribution in [0.5, 0.6) is 0 Å². The molecule has 128 valence electrons. The molecule has 2 aromatic rings. The summed E-state index contributed by atoms with van der Waals surface area (Å²) in [7, 11) is 0. The summed E-state index contributed by atoms with van der Waals surface area (Å²) in [6.45, 7) is 3.84. The molecule has 1 atom stereocenters. The summed E-state index contributed by atoms with van der Waals surface area (Å²) in [6, 6.07) is 13.1. The molecule has 2 heterocycles. The summed E-state index contributed by atoms with van der Waals surface area (Å²) in [5.41, 5.74) is 1.27. The maximum Gasteiger partial charge on any atom is 0.306 e. The molecule has 1 N–H and O–H groups in total. The molecule has 0 saturated carbocycles. The lowest BCUT2D eigenvalue weighted by atomic mass is 9.94. The van der Waals surface area contributed by atoms with Gasteiger partial charge in [0.25, 0.3) is 0 Å². The Bertz CT molecular complexity index is 707. The fourth-order valence-corrected chi connectivity index (χ4v) is 4.90. The molecule has 24 heavy (non-hydrogen) atoms. The van der Waals surface area contributed by atoms with Gasteiger partial charge in [-0.15, -0.1) is 11.3 Å². The van der Waals surface area contributed by atoms with Gasteiger partial charge in [0.1, 0.15) is 0 Å². The Labute approximate surface area is 155 Å². The van der Waals surface area contributed by atoms with Gasteiger partial charge in [-0.2, -0.15) is 0 Å². The molecule has 0 radical (unpaired) electrons. The highest BCUT2D eigenvalue weighted by Crippen LogP contribution is 2.37. The van der Waals surface area contributed by atoms with Gasteiger partial charge < -0.3 is 5.11 Å². The van der Waals surface area contributed by atoms with E-state index >= 15 is 0 Å². The maximum absolute atomic E-state index is 11.2. The van der Waals surface area contributed by atoms with Gasteiger partial charge in [-0.1, -0.05) is 35.0 Å². The number of benzene rings is 1. The van der Waals surface area contributed by atoms with Crippen molar-refractivity contribution in [2.24, 2.45) is 5.92 Å². The number of carboxylic acid groups (broad SMARTS) is 1. The number of nitrogens with zero attached hydrogens (tertiary/aromatic N) is 1. The summed E-state index contributed by atoms with van der Waals surface area (Å²) in [5, 5.41) is 9.25. The third-order valence-electron chi connectivity index (χ3n) is 4.71. The number of rotatable bonds is 5. The van der Waals surface area contributed by atoms with Crippen LogP contribution in [-0.2, 0) is 11.2 Å². The fraction of sp³-hybridized carbons (Fsp3) is 0.421. The lowest BCUT2D eigenvalue weighted by Crippen LogP contribution is -2.39. The van der Waals surface area contributed by atoms with Crippen LogP contribution in [-0.4, -0.2) is 29.1 Å². The van der Waals surface area contributed by atoms with Crippen LogP contribution in [0.2, 0.25) is 0 Å². The van der Waals surface area contributed by atoms with Crippen LogP contribution >= 0.6 is 27.3 Å². The van der Waals surface area contributed by atoms with Crippen molar-refractivity contribution in [3.05, 3.63) is 56.2 Å². The zero-order valence-electron chi connectivity index (χ0n) is 13.7. The molecular weight excluding hydrogens is 386 g/mol. The molecule has 1 unspecified atom stereocenters. The monoisotopic (exact) mass is 407 g/mol. The molecule has 1 aromatic heterocycles. The second kappa shape index (κ2) is 7.81. The largest absolute Gasteiger partial charge is 0.481 e. The SMILES string of the molecule is CCc1ccc(C(c2cccc(Br)c2)N2CCC(C(=O)O)CC2)s1. The van der Waals surface area contributed by atoms with Crippen molar-refractivity contribution in [1.82, 2.24) is 4.90 Å². The van der Waals surface area contributed by atoms with Crippen molar-refractivity contribution in [3.8, 4) is 0 Å². The van der Waals surface area contributed by atoms with Crippen LogP contribution in [0.3, 0.4) is 0 Å². The molecule has 1 aliphatic rings. The second-order valence-electron chi connectivity index (χ2n) is 6.26. The average molecular weight is 408 g/mol. The molecular formula is C19H22BrNO2S. The van der Waals surface area contributed by atoms with Crippen molar-refractivity contribution in [3.63, 3.8) is 0 Å². The van der Waals surface area contributed by atoms with E-state index in [1.54, 1.807) is 0 Å². The van der Waals surface area contributed by atoms with Gasteiger partial charge >= 0.3 is 5.97 Å². The number of thiophene rings is 1. The Morgan fingerprint density at radius 1 is 1.33 bits per heavy atom. The highest BCUT2D eigenvalue weighted by Gasteiger charge is 2.30. The first kappa shape index (κ1) is 17.6. The molecule has 1 aliphatic heterocycles. The Hall–Kier alpha value is -1.17. The standard InChI is InChI=1S/C19H22BrNO2S/c1-2-16-6-7-17(24-16)18(14-4-3-5-15(20)12-14)21-10-8-13(9-11-21)19(22)23/h3-7,12-13,18H,2,8-11H2,1H3,(H,22,23). The van der Waals surface area contributed by atoms with E-state index in [0.717, 1.165) is 36.8 Å². The highest BCUT2D eigenvalue weighted by atomic mass is 79.9. The number of carbonyl (C=O) groups is 1. The van der Waals surface area contributed by atoms with Gasteiger partial charge in [0.2, 0.25) is 0 Å². The van der Waals surface area contributed by atoms with Crippen LogP contribution < -0.4 is 0 Å². The Kier molecular flexibility index (Phi) is 5.74. The van der Waals surface area contributed by atoms with E-state index < -0.39 is 5.97 Å². The zero-order chi connectivity index (χ0) is 17.1.